The average molecular weight is 393 g/mol. The van der Waals surface area contributed by atoms with Crippen LogP contribution in [0.15, 0.2) is 60.0 Å². The Balaban J connectivity index is 1.74. The standard InChI is InChI=1S/C17H14Cl2N4OS/c1-11(16(24)21-15-8-3-2-7-14(15)19)25-17-22-20-10-23(17)13-6-4-5-12(18)9-13/h2-11H,1H3,(H,21,24). The number of hydrogen-bond donors (Lipinski definition) is 1. The Kier molecular flexibility index (Phi) is 5.63. The topological polar surface area (TPSA) is 59.8 Å². The van der Waals surface area contributed by atoms with Gasteiger partial charge < -0.3 is 5.32 Å². The molecule has 1 N–H and O–H groups in total. The number of nitrogens with zero attached hydrogens (tertiary/aromatic N) is 3. The van der Waals surface area contributed by atoms with Crippen LogP contribution in [0.4, 0.5) is 5.69 Å². The van der Waals surface area contributed by atoms with E-state index < -0.39 is 5.25 Å². The summed E-state index contributed by atoms with van der Waals surface area (Å²) in [5.74, 6) is -0.168. The van der Waals surface area contributed by atoms with E-state index in [0.29, 0.717) is 20.9 Å². The molecule has 0 saturated carbocycles. The molecule has 1 heterocycles. The number of carbonyl (C=O) groups excluding carboxylic acids is 1. The lowest BCUT2D eigenvalue weighted by molar-refractivity contribution is -0.115. The molecule has 0 radical (unpaired) electrons. The maximum absolute atomic E-state index is 12.4. The van der Waals surface area contributed by atoms with Crippen molar-refractivity contribution >= 4 is 46.6 Å². The summed E-state index contributed by atoms with van der Waals surface area (Å²) in [6.07, 6.45) is 1.59. The van der Waals surface area contributed by atoms with E-state index in [1.54, 1.807) is 36.0 Å². The number of hydrogen-bond acceptors (Lipinski definition) is 4. The van der Waals surface area contributed by atoms with Crippen molar-refractivity contribution in [2.45, 2.75) is 17.3 Å². The van der Waals surface area contributed by atoms with Crippen LogP contribution in [0.1, 0.15) is 6.92 Å². The number of thioether (sulfide) groups is 1. The minimum Gasteiger partial charge on any atom is -0.324 e. The van der Waals surface area contributed by atoms with Gasteiger partial charge in [0, 0.05) is 5.02 Å². The molecule has 3 aromatic rings. The van der Waals surface area contributed by atoms with Gasteiger partial charge in [-0.2, -0.15) is 0 Å². The van der Waals surface area contributed by atoms with Crippen molar-refractivity contribution in [3.8, 4) is 5.69 Å². The Bertz CT molecular complexity index is 900. The van der Waals surface area contributed by atoms with Crippen LogP contribution in [0.3, 0.4) is 0 Å². The van der Waals surface area contributed by atoms with Crippen molar-refractivity contribution in [3.05, 3.63) is 64.9 Å². The second-order valence-electron chi connectivity index (χ2n) is 5.19. The number of para-hydroxylation sites is 1. The minimum atomic E-state index is -0.390. The number of anilines is 1. The van der Waals surface area contributed by atoms with Crippen molar-refractivity contribution in [2.24, 2.45) is 0 Å². The van der Waals surface area contributed by atoms with Crippen LogP contribution in [0.25, 0.3) is 5.69 Å². The fraction of sp³-hybridized carbons (Fsp3) is 0.118. The molecule has 1 aromatic heterocycles. The highest BCUT2D eigenvalue weighted by Gasteiger charge is 2.19. The summed E-state index contributed by atoms with van der Waals surface area (Å²) in [7, 11) is 0. The van der Waals surface area contributed by atoms with Crippen molar-refractivity contribution < 1.29 is 4.79 Å². The van der Waals surface area contributed by atoms with Gasteiger partial charge in [0.25, 0.3) is 0 Å². The van der Waals surface area contributed by atoms with Gasteiger partial charge >= 0.3 is 0 Å². The Morgan fingerprint density at radius 2 is 2.00 bits per heavy atom. The van der Waals surface area contributed by atoms with Crippen molar-refractivity contribution in [1.82, 2.24) is 14.8 Å². The molecule has 0 aliphatic carbocycles. The van der Waals surface area contributed by atoms with Gasteiger partial charge in [-0.3, -0.25) is 9.36 Å². The summed E-state index contributed by atoms with van der Waals surface area (Å²) in [6.45, 7) is 1.80. The van der Waals surface area contributed by atoms with Gasteiger partial charge in [0.1, 0.15) is 6.33 Å². The SMILES string of the molecule is CC(Sc1nncn1-c1cccc(Cl)c1)C(=O)Nc1ccccc1Cl. The summed E-state index contributed by atoms with van der Waals surface area (Å²) < 4.78 is 1.79. The van der Waals surface area contributed by atoms with Crippen LogP contribution >= 0.6 is 35.0 Å². The molecule has 0 saturated heterocycles. The lowest BCUT2D eigenvalue weighted by Gasteiger charge is -2.13. The highest BCUT2D eigenvalue weighted by atomic mass is 35.5. The first kappa shape index (κ1) is 17.8. The largest absolute Gasteiger partial charge is 0.324 e. The van der Waals surface area contributed by atoms with Gasteiger partial charge in [-0.05, 0) is 37.3 Å². The zero-order valence-electron chi connectivity index (χ0n) is 13.2. The molecule has 0 fully saturated rings. The van der Waals surface area contributed by atoms with Gasteiger partial charge in [0.2, 0.25) is 5.91 Å². The molecular weight excluding hydrogens is 379 g/mol. The molecule has 0 bridgehead atoms. The van der Waals surface area contributed by atoms with Gasteiger partial charge in [-0.25, -0.2) is 0 Å². The molecule has 0 spiro atoms. The summed E-state index contributed by atoms with van der Waals surface area (Å²) in [5, 5.41) is 12.2. The van der Waals surface area contributed by atoms with Crippen LogP contribution in [0.5, 0.6) is 0 Å². The lowest BCUT2D eigenvalue weighted by atomic mass is 10.3. The van der Waals surface area contributed by atoms with Gasteiger partial charge in [-0.1, -0.05) is 53.2 Å². The lowest BCUT2D eigenvalue weighted by Crippen LogP contribution is -2.23. The third-order valence-electron chi connectivity index (χ3n) is 3.39. The summed E-state index contributed by atoms with van der Waals surface area (Å²) in [4.78, 5) is 12.4. The first-order valence-corrected chi connectivity index (χ1v) is 9.06. The predicted molar refractivity (Wildman–Crippen MR) is 102 cm³/mol. The number of carbonyl (C=O) groups is 1. The number of amides is 1. The molecule has 2 aromatic carbocycles. The molecule has 0 aliphatic heterocycles. The maximum atomic E-state index is 12.4. The highest BCUT2D eigenvalue weighted by Crippen LogP contribution is 2.27. The van der Waals surface area contributed by atoms with E-state index >= 15 is 0 Å². The first-order valence-electron chi connectivity index (χ1n) is 7.42. The number of halogens is 2. The molecular formula is C17H14Cl2N4OS. The fourth-order valence-electron chi connectivity index (χ4n) is 2.12. The van der Waals surface area contributed by atoms with E-state index in [2.05, 4.69) is 15.5 Å². The number of rotatable bonds is 5. The number of nitrogens with one attached hydrogen (secondary N) is 1. The number of aromatic nitrogens is 3. The summed E-state index contributed by atoms with van der Waals surface area (Å²) in [5.41, 5.74) is 1.41. The molecule has 1 atom stereocenters. The molecule has 3 rings (SSSR count). The Hall–Kier alpha value is -2.02. The van der Waals surface area contributed by atoms with E-state index in [9.17, 15) is 4.79 Å². The van der Waals surface area contributed by atoms with E-state index in [1.165, 1.54) is 11.8 Å². The van der Waals surface area contributed by atoms with Gasteiger partial charge in [-0.15, -0.1) is 10.2 Å². The van der Waals surface area contributed by atoms with Crippen LogP contribution in [-0.2, 0) is 4.79 Å². The van der Waals surface area contributed by atoms with E-state index in [4.69, 9.17) is 23.2 Å². The third-order valence-corrected chi connectivity index (χ3v) is 5.01. The van der Waals surface area contributed by atoms with Crippen LogP contribution in [0.2, 0.25) is 10.0 Å². The maximum Gasteiger partial charge on any atom is 0.237 e. The molecule has 5 nitrogen and oxygen atoms in total. The molecule has 128 valence electrons. The van der Waals surface area contributed by atoms with Crippen LogP contribution < -0.4 is 5.32 Å². The molecule has 8 heteroatoms. The molecule has 1 unspecified atom stereocenters. The predicted octanol–water partition coefficient (Wildman–Crippen LogP) is 4.69. The smallest absolute Gasteiger partial charge is 0.237 e. The van der Waals surface area contributed by atoms with E-state index in [1.807, 2.05) is 30.3 Å². The summed E-state index contributed by atoms with van der Waals surface area (Å²) >= 11 is 13.4. The average Bonchev–Trinajstić information content (AvgIpc) is 3.05. The minimum absolute atomic E-state index is 0.168. The number of benzene rings is 2. The van der Waals surface area contributed by atoms with Gasteiger partial charge in [0.15, 0.2) is 5.16 Å². The third kappa shape index (κ3) is 4.34. The Labute approximate surface area is 159 Å². The second kappa shape index (κ2) is 7.91. The second-order valence-corrected chi connectivity index (χ2v) is 7.34. The van der Waals surface area contributed by atoms with E-state index in [-0.39, 0.29) is 5.91 Å². The van der Waals surface area contributed by atoms with Crippen molar-refractivity contribution in [3.63, 3.8) is 0 Å². The normalized spacial score (nSPS) is 12.0. The summed E-state index contributed by atoms with van der Waals surface area (Å²) in [6, 6.07) is 14.5. The fourth-order valence-corrected chi connectivity index (χ4v) is 3.33. The first-order chi connectivity index (χ1) is 12.0. The molecule has 0 aliphatic rings. The van der Waals surface area contributed by atoms with E-state index in [0.717, 1.165) is 5.69 Å². The molecule has 25 heavy (non-hydrogen) atoms. The zero-order valence-corrected chi connectivity index (χ0v) is 15.5. The quantitative estimate of drug-likeness (QED) is 0.639. The van der Waals surface area contributed by atoms with Crippen molar-refractivity contribution in [2.75, 3.05) is 5.32 Å². The highest BCUT2D eigenvalue weighted by molar-refractivity contribution is 8.00. The van der Waals surface area contributed by atoms with Crippen molar-refractivity contribution in [1.29, 1.82) is 0 Å². The van der Waals surface area contributed by atoms with Crippen LogP contribution in [0, 0.1) is 0 Å². The van der Waals surface area contributed by atoms with Gasteiger partial charge in [0.05, 0.1) is 21.6 Å². The monoisotopic (exact) mass is 392 g/mol. The zero-order chi connectivity index (χ0) is 17.8. The van der Waals surface area contributed by atoms with Crippen LogP contribution in [-0.4, -0.2) is 25.9 Å². The Morgan fingerprint density at radius 1 is 1.20 bits per heavy atom. The molecule has 1 amide bonds. The Morgan fingerprint density at radius 3 is 2.76 bits per heavy atom.